The number of nitrogens with zero attached hydrogens (tertiary/aromatic N) is 2. The molecule has 84 valence electrons. The Morgan fingerprint density at radius 3 is 3.00 bits per heavy atom. The van der Waals surface area contributed by atoms with Gasteiger partial charge in [-0.1, -0.05) is 0 Å². The molecule has 2 rings (SSSR count). The minimum absolute atomic E-state index is 0.273. The number of rotatable bonds is 2. The Bertz CT molecular complexity index is 410. The second-order valence-corrected chi connectivity index (χ2v) is 4.37. The fraction of sp³-hybridized carbons (Fsp3) is 0.300. The Morgan fingerprint density at radius 1 is 1.56 bits per heavy atom. The number of aromatic nitrogens is 1. The standard InChI is InChI=1S/C10H10N2O3S/c13-9(7-2-1-3-11-4-7)12-6-16-5-8(12)10(14)15/h1-4,8H,5-6H2,(H,14,15)/t8-/m0/s1. The van der Waals surface area contributed by atoms with Gasteiger partial charge in [0, 0.05) is 18.1 Å². The molecule has 6 heteroatoms. The molecule has 1 aliphatic heterocycles. The van der Waals surface area contributed by atoms with Gasteiger partial charge in [0.15, 0.2) is 0 Å². The van der Waals surface area contributed by atoms with Gasteiger partial charge in [-0.25, -0.2) is 4.79 Å². The Kier molecular flexibility index (Phi) is 3.09. The Morgan fingerprint density at radius 2 is 2.38 bits per heavy atom. The third kappa shape index (κ3) is 2.01. The molecule has 2 heterocycles. The number of aliphatic carboxylic acids is 1. The normalized spacial score (nSPS) is 19.8. The highest BCUT2D eigenvalue weighted by Gasteiger charge is 2.34. The number of carbonyl (C=O) groups excluding carboxylic acids is 1. The number of carbonyl (C=O) groups is 2. The number of hydrogen-bond acceptors (Lipinski definition) is 4. The van der Waals surface area contributed by atoms with Crippen molar-refractivity contribution in [1.29, 1.82) is 0 Å². The van der Waals surface area contributed by atoms with E-state index < -0.39 is 12.0 Å². The molecule has 0 radical (unpaired) electrons. The van der Waals surface area contributed by atoms with Crippen LogP contribution in [0.1, 0.15) is 10.4 Å². The number of thioether (sulfide) groups is 1. The van der Waals surface area contributed by atoms with Gasteiger partial charge in [0.2, 0.25) is 0 Å². The lowest BCUT2D eigenvalue weighted by molar-refractivity contribution is -0.140. The van der Waals surface area contributed by atoms with Gasteiger partial charge in [-0.3, -0.25) is 9.78 Å². The van der Waals surface area contributed by atoms with Gasteiger partial charge in [0.1, 0.15) is 6.04 Å². The van der Waals surface area contributed by atoms with Gasteiger partial charge in [-0.05, 0) is 12.1 Å². The summed E-state index contributed by atoms with van der Waals surface area (Å²) < 4.78 is 0. The van der Waals surface area contributed by atoms with E-state index in [1.807, 2.05) is 0 Å². The van der Waals surface area contributed by atoms with Gasteiger partial charge in [0.25, 0.3) is 5.91 Å². The molecule has 1 saturated heterocycles. The van der Waals surface area contributed by atoms with Crippen molar-refractivity contribution in [2.45, 2.75) is 6.04 Å². The summed E-state index contributed by atoms with van der Waals surface area (Å²) in [7, 11) is 0. The largest absolute Gasteiger partial charge is 0.480 e. The molecule has 1 amide bonds. The highest BCUT2D eigenvalue weighted by Crippen LogP contribution is 2.22. The molecule has 5 nitrogen and oxygen atoms in total. The summed E-state index contributed by atoms with van der Waals surface area (Å²) in [6.45, 7) is 0. The predicted molar refractivity (Wildman–Crippen MR) is 59.2 cm³/mol. The first kappa shape index (κ1) is 10.9. The van der Waals surface area contributed by atoms with E-state index in [1.54, 1.807) is 18.3 Å². The van der Waals surface area contributed by atoms with Gasteiger partial charge < -0.3 is 10.0 Å². The lowest BCUT2D eigenvalue weighted by atomic mass is 10.2. The van der Waals surface area contributed by atoms with E-state index in [2.05, 4.69) is 4.98 Å². The minimum atomic E-state index is -0.956. The molecule has 0 aromatic carbocycles. The van der Waals surface area contributed by atoms with E-state index in [0.29, 0.717) is 17.2 Å². The second kappa shape index (κ2) is 4.52. The molecule has 0 spiro atoms. The molecule has 1 aromatic heterocycles. The molecule has 16 heavy (non-hydrogen) atoms. The Balaban J connectivity index is 2.19. The Labute approximate surface area is 96.5 Å². The predicted octanol–water partition coefficient (Wildman–Crippen LogP) is 0.681. The molecule has 1 aliphatic rings. The van der Waals surface area contributed by atoms with Crippen LogP contribution >= 0.6 is 11.8 Å². The molecule has 0 aliphatic carbocycles. The maximum absolute atomic E-state index is 12.0. The zero-order valence-electron chi connectivity index (χ0n) is 8.37. The molecule has 0 saturated carbocycles. The molecule has 0 bridgehead atoms. The SMILES string of the molecule is O=C(O)[C@@H]1CSCN1C(=O)c1cccnc1. The van der Waals surface area contributed by atoms with Crippen molar-refractivity contribution in [1.82, 2.24) is 9.88 Å². The highest BCUT2D eigenvalue weighted by atomic mass is 32.2. The number of hydrogen-bond donors (Lipinski definition) is 1. The van der Waals surface area contributed by atoms with Crippen LogP contribution in [0.25, 0.3) is 0 Å². The fourth-order valence-corrected chi connectivity index (χ4v) is 2.65. The lowest BCUT2D eigenvalue weighted by Crippen LogP contribution is -2.41. The van der Waals surface area contributed by atoms with Gasteiger partial charge in [-0.15, -0.1) is 11.8 Å². The number of pyridine rings is 1. The van der Waals surface area contributed by atoms with Crippen molar-refractivity contribution in [3.63, 3.8) is 0 Å². The van der Waals surface area contributed by atoms with Crippen LogP contribution in [-0.2, 0) is 4.79 Å². The van der Waals surface area contributed by atoms with Crippen LogP contribution in [0.4, 0.5) is 0 Å². The summed E-state index contributed by atoms with van der Waals surface area (Å²) >= 11 is 1.45. The average molecular weight is 238 g/mol. The third-order valence-electron chi connectivity index (χ3n) is 2.34. The molecular weight excluding hydrogens is 228 g/mol. The first-order valence-corrected chi connectivity index (χ1v) is 5.87. The molecule has 0 unspecified atom stereocenters. The summed E-state index contributed by atoms with van der Waals surface area (Å²) in [4.78, 5) is 28.1. The van der Waals surface area contributed by atoms with Crippen LogP contribution in [0.3, 0.4) is 0 Å². The maximum atomic E-state index is 12.0. The first-order chi connectivity index (χ1) is 7.70. The summed E-state index contributed by atoms with van der Waals surface area (Å²) in [6, 6.07) is 2.57. The van der Waals surface area contributed by atoms with E-state index in [1.165, 1.54) is 22.9 Å². The topological polar surface area (TPSA) is 70.5 Å². The highest BCUT2D eigenvalue weighted by molar-refractivity contribution is 7.99. The number of carboxylic acids is 1. The number of carboxylic acid groups (broad SMARTS) is 1. The minimum Gasteiger partial charge on any atom is -0.480 e. The van der Waals surface area contributed by atoms with Crippen molar-refractivity contribution in [3.05, 3.63) is 30.1 Å². The maximum Gasteiger partial charge on any atom is 0.327 e. The molecule has 1 fully saturated rings. The van der Waals surface area contributed by atoms with Crippen LogP contribution in [0, 0.1) is 0 Å². The summed E-state index contributed by atoms with van der Waals surface area (Å²) in [6.07, 6.45) is 3.02. The van der Waals surface area contributed by atoms with Crippen LogP contribution in [0.15, 0.2) is 24.5 Å². The summed E-state index contributed by atoms with van der Waals surface area (Å²) in [5.74, 6) is -0.362. The summed E-state index contributed by atoms with van der Waals surface area (Å²) in [5.41, 5.74) is 0.427. The van der Waals surface area contributed by atoms with Crippen molar-refractivity contribution in [2.24, 2.45) is 0 Å². The molecule has 1 aromatic rings. The van der Waals surface area contributed by atoms with Crippen molar-refractivity contribution < 1.29 is 14.7 Å². The summed E-state index contributed by atoms with van der Waals surface area (Å²) in [5, 5.41) is 8.96. The van der Waals surface area contributed by atoms with Crippen LogP contribution in [-0.4, -0.2) is 44.5 Å². The Hall–Kier alpha value is -1.56. The molecular formula is C10H10N2O3S. The van der Waals surface area contributed by atoms with Crippen molar-refractivity contribution >= 4 is 23.6 Å². The van der Waals surface area contributed by atoms with E-state index in [9.17, 15) is 9.59 Å². The number of amides is 1. The van der Waals surface area contributed by atoms with Gasteiger partial charge in [0.05, 0.1) is 11.4 Å². The quantitative estimate of drug-likeness (QED) is 0.820. The zero-order valence-corrected chi connectivity index (χ0v) is 9.18. The van der Waals surface area contributed by atoms with Crippen molar-refractivity contribution in [3.8, 4) is 0 Å². The second-order valence-electron chi connectivity index (χ2n) is 3.37. The van der Waals surface area contributed by atoms with E-state index in [4.69, 9.17) is 5.11 Å². The monoisotopic (exact) mass is 238 g/mol. The van der Waals surface area contributed by atoms with E-state index in [0.717, 1.165) is 0 Å². The van der Waals surface area contributed by atoms with Crippen LogP contribution in [0.2, 0.25) is 0 Å². The average Bonchev–Trinajstić information content (AvgIpc) is 2.78. The fourth-order valence-electron chi connectivity index (χ4n) is 1.50. The van der Waals surface area contributed by atoms with E-state index in [-0.39, 0.29) is 5.91 Å². The smallest absolute Gasteiger partial charge is 0.327 e. The lowest BCUT2D eigenvalue weighted by Gasteiger charge is -2.20. The van der Waals surface area contributed by atoms with Crippen LogP contribution in [0.5, 0.6) is 0 Å². The van der Waals surface area contributed by atoms with Gasteiger partial charge >= 0.3 is 5.97 Å². The first-order valence-electron chi connectivity index (χ1n) is 4.71. The third-order valence-corrected chi connectivity index (χ3v) is 3.35. The van der Waals surface area contributed by atoms with Crippen LogP contribution < -0.4 is 0 Å². The van der Waals surface area contributed by atoms with Crippen molar-refractivity contribution in [2.75, 3.05) is 11.6 Å². The molecule has 1 atom stereocenters. The zero-order chi connectivity index (χ0) is 11.5. The molecule has 1 N–H and O–H groups in total. The van der Waals surface area contributed by atoms with Gasteiger partial charge in [-0.2, -0.15) is 0 Å². The van der Waals surface area contributed by atoms with E-state index >= 15 is 0 Å².